The summed E-state index contributed by atoms with van der Waals surface area (Å²) in [5.74, 6) is 0.0398. The first kappa shape index (κ1) is 14.9. The number of nitrogens with zero attached hydrogens (tertiary/aromatic N) is 2. The molecule has 2 heterocycles. The second-order valence-electron chi connectivity index (χ2n) is 4.59. The largest absolute Gasteiger partial charge is 0.378 e. The summed E-state index contributed by atoms with van der Waals surface area (Å²) >= 11 is 1.09. The van der Waals surface area contributed by atoms with Crippen molar-refractivity contribution in [3.8, 4) is 0 Å². The Kier molecular flexibility index (Phi) is 5.05. The molecule has 2 rings (SSSR count). The van der Waals surface area contributed by atoms with E-state index in [-0.39, 0.29) is 17.0 Å². The van der Waals surface area contributed by atoms with Crippen LogP contribution in [0.2, 0.25) is 0 Å². The number of nitro groups is 1. The van der Waals surface area contributed by atoms with Crippen LogP contribution in [0.25, 0.3) is 0 Å². The molecule has 1 fully saturated rings. The summed E-state index contributed by atoms with van der Waals surface area (Å²) < 4.78 is 5.21. The summed E-state index contributed by atoms with van der Waals surface area (Å²) in [6.45, 7) is 4.65. The fourth-order valence-corrected chi connectivity index (χ4v) is 2.70. The number of ether oxygens (including phenoxy) is 1. The molecule has 0 spiro atoms. The SMILES string of the molecule is CC(NCc1csc([N+](=O)[O-])c1)C(=O)N1CCOCC1. The molecule has 0 aliphatic carbocycles. The first-order valence-corrected chi connectivity index (χ1v) is 7.27. The fraction of sp³-hybridized carbons (Fsp3) is 0.583. The molecule has 0 radical (unpaired) electrons. The maximum atomic E-state index is 12.1. The van der Waals surface area contributed by atoms with Gasteiger partial charge < -0.3 is 15.0 Å². The fourth-order valence-electron chi connectivity index (χ4n) is 1.97. The maximum Gasteiger partial charge on any atom is 0.324 e. The van der Waals surface area contributed by atoms with Crippen molar-refractivity contribution in [1.29, 1.82) is 0 Å². The molecule has 1 aromatic heterocycles. The second kappa shape index (κ2) is 6.78. The predicted octanol–water partition coefficient (Wildman–Crippen LogP) is 0.993. The van der Waals surface area contributed by atoms with E-state index in [1.54, 1.807) is 17.2 Å². The summed E-state index contributed by atoms with van der Waals surface area (Å²) in [5.41, 5.74) is 0.823. The predicted molar refractivity (Wildman–Crippen MR) is 74.7 cm³/mol. The second-order valence-corrected chi connectivity index (χ2v) is 5.48. The summed E-state index contributed by atoms with van der Waals surface area (Å²) in [4.78, 5) is 24.1. The van der Waals surface area contributed by atoms with Crippen molar-refractivity contribution in [2.24, 2.45) is 0 Å². The lowest BCUT2D eigenvalue weighted by Gasteiger charge is -2.29. The smallest absolute Gasteiger partial charge is 0.324 e. The van der Waals surface area contributed by atoms with Gasteiger partial charge in [-0.15, -0.1) is 0 Å². The van der Waals surface area contributed by atoms with E-state index in [0.717, 1.165) is 16.9 Å². The zero-order valence-electron chi connectivity index (χ0n) is 11.2. The highest BCUT2D eigenvalue weighted by atomic mass is 32.1. The van der Waals surface area contributed by atoms with Crippen molar-refractivity contribution in [3.63, 3.8) is 0 Å². The molecule has 0 aromatic carbocycles. The van der Waals surface area contributed by atoms with Crippen LogP contribution in [0.15, 0.2) is 11.4 Å². The number of carbonyl (C=O) groups is 1. The number of carbonyl (C=O) groups excluding carboxylic acids is 1. The van der Waals surface area contributed by atoms with E-state index in [4.69, 9.17) is 4.74 Å². The quantitative estimate of drug-likeness (QED) is 0.647. The van der Waals surface area contributed by atoms with E-state index >= 15 is 0 Å². The minimum absolute atomic E-state index is 0.0398. The van der Waals surface area contributed by atoms with Crippen LogP contribution in [0.4, 0.5) is 5.00 Å². The Morgan fingerprint density at radius 1 is 1.60 bits per heavy atom. The average Bonchev–Trinajstić information content (AvgIpc) is 2.94. The minimum Gasteiger partial charge on any atom is -0.378 e. The molecule has 1 aliphatic rings. The van der Waals surface area contributed by atoms with Crippen LogP contribution in [-0.2, 0) is 16.1 Å². The van der Waals surface area contributed by atoms with Gasteiger partial charge >= 0.3 is 5.00 Å². The van der Waals surface area contributed by atoms with Crippen LogP contribution in [0, 0.1) is 10.1 Å². The lowest BCUT2D eigenvalue weighted by molar-refractivity contribution is -0.380. The molecular formula is C12H17N3O4S. The molecule has 1 aromatic rings. The summed E-state index contributed by atoms with van der Waals surface area (Å²) in [7, 11) is 0. The Balaban J connectivity index is 1.82. The van der Waals surface area contributed by atoms with Crippen LogP contribution in [0.1, 0.15) is 12.5 Å². The number of morpholine rings is 1. The number of amides is 1. The van der Waals surface area contributed by atoms with Crippen molar-refractivity contribution in [3.05, 3.63) is 27.1 Å². The molecule has 8 heteroatoms. The Bertz CT molecular complexity index is 485. The third-order valence-corrected chi connectivity index (χ3v) is 4.05. The van der Waals surface area contributed by atoms with Gasteiger partial charge in [-0.25, -0.2) is 0 Å². The van der Waals surface area contributed by atoms with E-state index in [1.807, 2.05) is 0 Å². The number of hydrogen-bond donors (Lipinski definition) is 1. The number of rotatable bonds is 5. The molecule has 1 saturated heterocycles. The highest BCUT2D eigenvalue weighted by molar-refractivity contribution is 7.13. The van der Waals surface area contributed by atoms with Gasteiger partial charge in [-0.1, -0.05) is 11.3 Å². The summed E-state index contributed by atoms with van der Waals surface area (Å²) in [6.07, 6.45) is 0. The van der Waals surface area contributed by atoms with Crippen molar-refractivity contribution in [2.75, 3.05) is 26.3 Å². The molecular weight excluding hydrogens is 282 g/mol. The van der Waals surface area contributed by atoms with Crippen LogP contribution >= 0.6 is 11.3 Å². The maximum absolute atomic E-state index is 12.1. The Morgan fingerprint density at radius 3 is 2.90 bits per heavy atom. The molecule has 0 saturated carbocycles. The van der Waals surface area contributed by atoms with Crippen LogP contribution in [-0.4, -0.2) is 48.1 Å². The van der Waals surface area contributed by atoms with E-state index in [1.165, 1.54) is 6.07 Å². The van der Waals surface area contributed by atoms with Gasteiger partial charge in [0.2, 0.25) is 5.91 Å². The van der Waals surface area contributed by atoms with Crippen LogP contribution in [0.3, 0.4) is 0 Å². The van der Waals surface area contributed by atoms with E-state index < -0.39 is 4.92 Å². The topological polar surface area (TPSA) is 84.7 Å². The molecule has 1 amide bonds. The molecule has 1 unspecified atom stereocenters. The first-order valence-electron chi connectivity index (χ1n) is 6.39. The van der Waals surface area contributed by atoms with E-state index in [9.17, 15) is 14.9 Å². The lowest BCUT2D eigenvalue weighted by Crippen LogP contribution is -2.49. The van der Waals surface area contributed by atoms with Gasteiger partial charge in [-0.3, -0.25) is 14.9 Å². The molecule has 1 N–H and O–H groups in total. The standard InChI is InChI=1S/C12H17N3O4S/c1-9(12(16)14-2-4-19-5-3-14)13-7-10-6-11(15(17)18)20-8-10/h6,8-9,13H,2-5,7H2,1H3. The molecule has 7 nitrogen and oxygen atoms in total. The number of thiophene rings is 1. The monoisotopic (exact) mass is 299 g/mol. The lowest BCUT2D eigenvalue weighted by atomic mass is 10.2. The van der Waals surface area contributed by atoms with Gasteiger partial charge in [0, 0.05) is 31.1 Å². The molecule has 1 atom stereocenters. The van der Waals surface area contributed by atoms with Crippen molar-refractivity contribution in [2.45, 2.75) is 19.5 Å². The molecule has 20 heavy (non-hydrogen) atoms. The van der Waals surface area contributed by atoms with Gasteiger partial charge in [0.25, 0.3) is 0 Å². The average molecular weight is 299 g/mol. The van der Waals surface area contributed by atoms with Gasteiger partial charge in [-0.2, -0.15) is 0 Å². The molecule has 110 valence electrons. The Hall–Kier alpha value is -1.51. The zero-order valence-corrected chi connectivity index (χ0v) is 12.0. The third kappa shape index (κ3) is 3.75. The Morgan fingerprint density at radius 2 is 2.30 bits per heavy atom. The Labute approximate surface area is 120 Å². The first-order chi connectivity index (χ1) is 9.58. The van der Waals surface area contributed by atoms with Crippen LogP contribution < -0.4 is 5.32 Å². The van der Waals surface area contributed by atoms with Crippen molar-refractivity contribution in [1.82, 2.24) is 10.2 Å². The van der Waals surface area contributed by atoms with Gasteiger partial charge in [0.1, 0.15) is 0 Å². The number of nitrogens with one attached hydrogen (secondary N) is 1. The van der Waals surface area contributed by atoms with Gasteiger partial charge in [0.05, 0.1) is 24.2 Å². The molecule has 1 aliphatic heterocycles. The van der Waals surface area contributed by atoms with E-state index in [2.05, 4.69) is 5.32 Å². The summed E-state index contributed by atoms with van der Waals surface area (Å²) in [6, 6.07) is 1.22. The van der Waals surface area contributed by atoms with Crippen molar-refractivity contribution >= 4 is 22.2 Å². The zero-order chi connectivity index (χ0) is 14.5. The normalized spacial score (nSPS) is 16.9. The number of hydrogen-bond acceptors (Lipinski definition) is 6. The summed E-state index contributed by atoms with van der Waals surface area (Å²) in [5, 5.41) is 15.5. The highest BCUT2D eigenvalue weighted by Crippen LogP contribution is 2.22. The van der Waals surface area contributed by atoms with Crippen molar-refractivity contribution < 1.29 is 14.5 Å². The van der Waals surface area contributed by atoms with E-state index in [0.29, 0.717) is 32.8 Å². The minimum atomic E-state index is -0.406. The highest BCUT2D eigenvalue weighted by Gasteiger charge is 2.22. The van der Waals surface area contributed by atoms with Crippen LogP contribution in [0.5, 0.6) is 0 Å². The molecule has 0 bridgehead atoms. The van der Waals surface area contributed by atoms with Gasteiger partial charge in [0.15, 0.2) is 0 Å². The third-order valence-electron chi connectivity index (χ3n) is 3.13. The van der Waals surface area contributed by atoms with Gasteiger partial charge in [-0.05, 0) is 12.5 Å².